The van der Waals surface area contributed by atoms with E-state index in [9.17, 15) is 29.1 Å². The molecule has 7 rings (SSSR count). The molecule has 1 unspecified atom stereocenters. The summed E-state index contributed by atoms with van der Waals surface area (Å²) < 4.78 is 12.1. The van der Waals surface area contributed by atoms with Crippen LogP contribution in [-0.4, -0.2) is 71.8 Å². The molecule has 0 aromatic heterocycles. The van der Waals surface area contributed by atoms with E-state index >= 15 is 0 Å². The minimum atomic E-state index is -3.05. The Morgan fingerprint density at radius 1 is 1.04 bits per heavy atom. The van der Waals surface area contributed by atoms with Crippen molar-refractivity contribution in [2.45, 2.75) is 88.8 Å². The number of anilines is 2. The summed E-state index contributed by atoms with van der Waals surface area (Å²) in [6.45, 7) is 7.21. The molecule has 0 radical (unpaired) electrons. The van der Waals surface area contributed by atoms with Crippen molar-refractivity contribution in [1.82, 2.24) is 4.90 Å². The number of hydrogen-bond acceptors (Lipinski definition) is 8. The summed E-state index contributed by atoms with van der Waals surface area (Å²) in [7, 11) is -3.05. The van der Waals surface area contributed by atoms with Gasteiger partial charge in [0.25, 0.3) is 5.91 Å². The summed E-state index contributed by atoms with van der Waals surface area (Å²) in [6, 6.07) is 19.9. The van der Waals surface area contributed by atoms with Gasteiger partial charge in [-0.3, -0.25) is 24.1 Å². The number of carbonyl (C=O) groups excluding carboxylic acids is 4. The Balaban J connectivity index is 1.17. The van der Waals surface area contributed by atoms with Gasteiger partial charge in [-0.25, -0.2) is 0 Å². The predicted molar refractivity (Wildman–Crippen MR) is 192 cm³/mol. The topological polar surface area (TPSA) is 137 Å². The molecule has 1 spiro atoms. The third-order valence-electron chi connectivity index (χ3n) is 11.0. The van der Waals surface area contributed by atoms with Crippen LogP contribution in [0.1, 0.15) is 48.9 Å². The van der Waals surface area contributed by atoms with Gasteiger partial charge in [-0.2, -0.15) is 0 Å². The summed E-state index contributed by atoms with van der Waals surface area (Å²) >= 11 is 6.56. The largest absolute Gasteiger partial charge is 0.441 e. The van der Waals surface area contributed by atoms with Crippen LogP contribution in [0.25, 0.3) is 0 Å². The van der Waals surface area contributed by atoms with Crippen LogP contribution in [0.2, 0.25) is 23.7 Å². The van der Waals surface area contributed by atoms with Gasteiger partial charge < -0.3 is 29.2 Å². The van der Waals surface area contributed by atoms with E-state index in [0.29, 0.717) is 34.9 Å². The first-order valence-corrected chi connectivity index (χ1v) is 20.7. The van der Waals surface area contributed by atoms with E-state index in [0.717, 1.165) is 16.7 Å². The summed E-state index contributed by atoms with van der Waals surface area (Å²) in [5.74, 6) is -1.62. The van der Waals surface area contributed by atoms with Crippen LogP contribution >= 0.6 is 11.6 Å². The van der Waals surface area contributed by atoms with Gasteiger partial charge in [-0.15, -0.1) is 0 Å². The Morgan fingerprint density at radius 2 is 1.75 bits per heavy atom. The maximum atomic E-state index is 14.8. The smallest absolute Gasteiger partial charge is 0.304 e. The van der Waals surface area contributed by atoms with E-state index in [1.165, 1.54) is 11.8 Å². The number of β-lactam (4-membered cyclic amide) rings is 1. The van der Waals surface area contributed by atoms with Crippen molar-refractivity contribution >= 4 is 55.0 Å². The lowest BCUT2D eigenvalue weighted by atomic mass is 9.82. The quantitative estimate of drug-likeness (QED) is 0.194. The number of hydrogen-bond donors (Lipinski definition) is 2. The number of amides is 3. The Kier molecular flexibility index (Phi) is 9.12. The first-order chi connectivity index (χ1) is 24.2. The van der Waals surface area contributed by atoms with Crippen molar-refractivity contribution in [3.05, 3.63) is 94.0 Å². The molecule has 2 saturated heterocycles. The van der Waals surface area contributed by atoms with Gasteiger partial charge >= 0.3 is 5.97 Å². The van der Waals surface area contributed by atoms with Crippen molar-refractivity contribution < 1.29 is 38.6 Å². The highest BCUT2D eigenvalue weighted by Crippen LogP contribution is 2.60. The molecular weight excluding hydrogens is 690 g/mol. The number of nitrogens with zero attached hydrogens (tertiary/aromatic N) is 3. The van der Waals surface area contributed by atoms with Gasteiger partial charge in [-0.1, -0.05) is 54.9 Å². The van der Waals surface area contributed by atoms with E-state index in [1.807, 2.05) is 56.4 Å². The summed E-state index contributed by atoms with van der Waals surface area (Å²) in [4.78, 5) is 69.3. The first kappa shape index (κ1) is 35.3. The monoisotopic (exact) mass is 731 g/mol. The minimum absolute atomic E-state index is 0.0549. The van der Waals surface area contributed by atoms with Crippen molar-refractivity contribution in [3.63, 3.8) is 0 Å². The third-order valence-corrected chi connectivity index (χ3v) is 13.7. The van der Waals surface area contributed by atoms with Crippen LogP contribution in [0.3, 0.4) is 0 Å². The maximum Gasteiger partial charge on any atom is 0.304 e. The second kappa shape index (κ2) is 13.2. The molecule has 3 amide bonds. The van der Waals surface area contributed by atoms with E-state index in [-0.39, 0.29) is 49.8 Å². The number of halogens is 1. The molecule has 13 heteroatoms. The van der Waals surface area contributed by atoms with Crippen molar-refractivity contribution in [1.29, 1.82) is 0 Å². The molecular formula is C38H42ClN3O8Si. The van der Waals surface area contributed by atoms with Crippen molar-refractivity contribution in [2.75, 3.05) is 16.4 Å². The molecule has 2 N–H and O–H groups in total. The van der Waals surface area contributed by atoms with E-state index in [2.05, 4.69) is 0 Å². The number of benzene rings is 3. The third kappa shape index (κ3) is 6.06. The summed E-state index contributed by atoms with van der Waals surface area (Å²) in [5, 5.41) is 10.7. The highest BCUT2D eigenvalue weighted by atomic mass is 35.5. The van der Waals surface area contributed by atoms with Crippen LogP contribution in [0.4, 0.5) is 11.4 Å². The summed E-state index contributed by atoms with van der Waals surface area (Å²) in [5.41, 5.74) is 2.76. The van der Waals surface area contributed by atoms with Crippen molar-refractivity contribution in [3.8, 4) is 0 Å². The lowest BCUT2D eigenvalue weighted by Crippen LogP contribution is -2.54. The van der Waals surface area contributed by atoms with Gasteiger partial charge in [0.2, 0.25) is 11.8 Å². The number of fused-ring (bicyclic) bond motifs is 3. The average Bonchev–Trinajstić information content (AvgIpc) is 3.50. The maximum absolute atomic E-state index is 14.8. The lowest BCUT2D eigenvalue weighted by Gasteiger charge is -2.39. The fourth-order valence-electron chi connectivity index (χ4n) is 8.67. The number of rotatable bonds is 8. The molecule has 51 heavy (non-hydrogen) atoms. The summed E-state index contributed by atoms with van der Waals surface area (Å²) in [6.07, 6.45) is -0.801. The number of aliphatic hydroxyl groups excluding tert-OH is 1. The molecule has 4 heterocycles. The molecule has 0 aliphatic carbocycles. The molecule has 4 aliphatic rings. The Hall–Kier alpha value is -4.07. The highest BCUT2D eigenvalue weighted by Gasteiger charge is 2.66. The molecule has 3 aromatic carbocycles. The van der Waals surface area contributed by atoms with E-state index < -0.39 is 43.7 Å². The lowest BCUT2D eigenvalue weighted by molar-refractivity contribution is -0.154. The minimum Gasteiger partial charge on any atom is -0.441 e. The second-order valence-electron chi connectivity index (χ2n) is 14.6. The second-order valence-corrected chi connectivity index (χ2v) is 19.1. The molecule has 6 atom stereocenters. The van der Waals surface area contributed by atoms with Gasteiger partial charge in [0, 0.05) is 41.2 Å². The number of esters is 1. The number of ether oxygens (including phenoxy) is 2. The Labute approximate surface area is 302 Å². The van der Waals surface area contributed by atoms with Gasteiger partial charge in [-0.05, 0) is 66.5 Å². The molecule has 268 valence electrons. The van der Waals surface area contributed by atoms with Crippen LogP contribution in [0.15, 0.2) is 66.7 Å². The molecule has 2 fully saturated rings. The molecule has 4 aliphatic heterocycles. The van der Waals surface area contributed by atoms with Crippen LogP contribution in [0, 0.1) is 5.92 Å². The predicted octanol–water partition coefficient (Wildman–Crippen LogP) is 4.65. The normalized spacial score (nSPS) is 27.0. The fraction of sp³-hybridized carbons (Fsp3) is 0.421. The SMILES string of the molecule is CC(=O)OC1CC(=O)N1c1ccc(CN2C(=O)[C@]3(O[C@H](CC(=O)N4Cc5ccccc5C[C@H]4CO)[C@@H]([Si](C)(C)O)[C@@H]3C)c3cc(Cl)ccc32)cc1. The van der Waals surface area contributed by atoms with Gasteiger partial charge in [0.1, 0.15) is 0 Å². The fourth-order valence-corrected chi connectivity index (χ4v) is 11.4. The van der Waals surface area contributed by atoms with Gasteiger partial charge in [0.05, 0.1) is 43.8 Å². The van der Waals surface area contributed by atoms with Crippen LogP contribution < -0.4 is 9.80 Å². The van der Waals surface area contributed by atoms with Crippen LogP contribution in [-0.2, 0) is 53.8 Å². The standard InChI is InChI=1S/C38H42ClN3O8Si/c1-22-36(51(3,4)48)32(17-33(45)40-20-26-8-6-5-7-25(26)15-29(40)21-43)50-38(22)30-16-27(39)11-14-31(30)41(37(38)47)19-24-9-12-28(13-10-24)42-34(46)18-35(42)49-23(2)44/h5-14,16,22,29,32,35-36,43,48H,15,17-21H2,1-4H3/t22-,29-,32+,35?,36-,38+/m0/s1. The van der Waals surface area contributed by atoms with E-state index in [1.54, 1.807) is 40.1 Å². The number of carbonyl (C=O) groups is 4. The zero-order chi connectivity index (χ0) is 36.4. The number of aliphatic hydroxyl groups is 1. The zero-order valence-corrected chi connectivity index (χ0v) is 30.8. The molecule has 11 nitrogen and oxygen atoms in total. The van der Waals surface area contributed by atoms with Gasteiger partial charge in [0.15, 0.2) is 20.1 Å². The highest BCUT2D eigenvalue weighted by molar-refractivity contribution is 6.71. The van der Waals surface area contributed by atoms with Crippen LogP contribution in [0.5, 0.6) is 0 Å². The van der Waals surface area contributed by atoms with E-state index in [4.69, 9.17) is 21.1 Å². The first-order valence-electron chi connectivity index (χ1n) is 17.3. The molecule has 0 bridgehead atoms. The Morgan fingerprint density at radius 3 is 2.39 bits per heavy atom. The molecule has 3 aromatic rings. The average molecular weight is 732 g/mol. The van der Waals surface area contributed by atoms with Crippen molar-refractivity contribution in [2.24, 2.45) is 5.92 Å². The Bertz CT molecular complexity index is 1900. The molecule has 0 saturated carbocycles. The zero-order valence-electron chi connectivity index (χ0n) is 29.0.